The largest absolute Gasteiger partial charge is 3.00 e. The molecule has 0 fully saturated rings. The maximum atomic E-state index is 3.54. The molecule has 0 heterocycles. The van der Waals surface area contributed by atoms with E-state index in [1.54, 1.807) is 0 Å². The number of hydrogen-bond acceptors (Lipinski definition) is 0. The van der Waals surface area contributed by atoms with Gasteiger partial charge in [-0.05, 0) is 0 Å². The van der Waals surface area contributed by atoms with E-state index in [0.717, 1.165) is 12.8 Å². The molecule has 0 radical (unpaired) electrons. The van der Waals surface area contributed by atoms with Crippen molar-refractivity contribution >= 4 is 0 Å². The van der Waals surface area contributed by atoms with E-state index in [0.29, 0.717) is 0 Å². The first-order valence-electron chi connectivity index (χ1n) is 1.50. The predicted octanol–water partition coefficient (Wildman–Crippen LogP) is 1.88. The summed E-state index contributed by atoms with van der Waals surface area (Å²) in [6.07, 6.45) is 1.92. The van der Waals surface area contributed by atoms with E-state index in [4.69, 9.17) is 0 Å². The molecule has 34 valence electrons. The Morgan fingerprint density at radius 1 is 1.00 bits per heavy atom. The van der Waals surface area contributed by atoms with Crippen LogP contribution < -0.4 is 0 Å². The van der Waals surface area contributed by atoms with Crippen molar-refractivity contribution in [2.45, 2.75) is 12.8 Å². The fraction of sp³-hybridized carbons (Fsp3) is 0.400. The first-order chi connectivity index (χ1) is 1.91. The molecule has 0 N–H and O–H groups in total. The molecule has 0 aromatic heterocycles. The first-order valence-corrected chi connectivity index (χ1v) is 1.50. The van der Waals surface area contributed by atoms with Crippen LogP contribution in [0.1, 0.15) is 12.8 Å². The second-order valence-corrected chi connectivity index (χ2v) is 0.707. The third-order valence-electron chi connectivity index (χ3n) is 0.250. The van der Waals surface area contributed by atoms with Crippen LogP contribution >= 0.6 is 0 Å². The molecular weight excluding hydrogens is 149 g/mol. The average molecular weight is 160 g/mol. The second-order valence-electron chi connectivity index (χ2n) is 0.707. The molecule has 0 unspecified atom stereocenters. The van der Waals surface area contributed by atoms with Crippen molar-refractivity contribution in [2.75, 3.05) is 0 Å². The van der Waals surface area contributed by atoms with Crippen LogP contribution in [0.5, 0.6) is 0 Å². The SMILES string of the molecule is [CH2-]CC[CH2-].[CH3-].[Y+3]. The fourth-order valence-corrected chi connectivity index (χ4v) is 0. The van der Waals surface area contributed by atoms with Crippen molar-refractivity contribution in [2.24, 2.45) is 0 Å². The topological polar surface area (TPSA) is 0 Å². The summed E-state index contributed by atoms with van der Waals surface area (Å²) in [6.45, 7) is 7.08. The number of rotatable bonds is 1. The van der Waals surface area contributed by atoms with Crippen molar-refractivity contribution in [3.05, 3.63) is 21.3 Å². The van der Waals surface area contributed by atoms with Crippen LogP contribution in [0.3, 0.4) is 0 Å². The minimum atomic E-state index is 0. The summed E-state index contributed by atoms with van der Waals surface area (Å²) in [5.41, 5.74) is 0. The second kappa shape index (κ2) is 16.5. The molecule has 0 atom stereocenters. The van der Waals surface area contributed by atoms with Crippen LogP contribution in [0, 0.1) is 21.3 Å². The summed E-state index contributed by atoms with van der Waals surface area (Å²) in [7, 11) is 0. The monoisotopic (exact) mass is 160 g/mol. The van der Waals surface area contributed by atoms with E-state index < -0.39 is 0 Å². The van der Waals surface area contributed by atoms with Crippen molar-refractivity contribution in [3.63, 3.8) is 0 Å². The molecule has 0 aromatic rings. The Morgan fingerprint density at radius 2 is 1.17 bits per heavy atom. The maximum absolute atomic E-state index is 3.54. The fourth-order valence-electron chi connectivity index (χ4n) is 0. The molecule has 0 aliphatic carbocycles. The molecule has 0 spiro atoms. The smallest absolute Gasteiger partial charge is 0.358 e. The summed E-state index contributed by atoms with van der Waals surface area (Å²) >= 11 is 0. The summed E-state index contributed by atoms with van der Waals surface area (Å²) in [4.78, 5) is 0. The van der Waals surface area contributed by atoms with Gasteiger partial charge in [0, 0.05) is 0 Å². The van der Waals surface area contributed by atoms with Gasteiger partial charge in [0.2, 0.25) is 0 Å². The average Bonchev–Trinajstić information content (AvgIpc) is 1.37. The number of unbranched alkanes of at least 4 members (excludes halogenated alkanes) is 1. The molecule has 0 aromatic carbocycles. The Morgan fingerprint density at radius 3 is 1.17 bits per heavy atom. The van der Waals surface area contributed by atoms with Crippen LogP contribution in [-0.2, 0) is 32.7 Å². The minimum absolute atomic E-state index is 0. The maximum Gasteiger partial charge on any atom is 3.00 e. The van der Waals surface area contributed by atoms with Crippen molar-refractivity contribution < 1.29 is 32.7 Å². The molecule has 0 bridgehead atoms. The molecule has 0 amide bonds. The van der Waals surface area contributed by atoms with Gasteiger partial charge in [0.25, 0.3) is 0 Å². The predicted molar refractivity (Wildman–Crippen MR) is 26.4 cm³/mol. The van der Waals surface area contributed by atoms with Crippen LogP contribution in [0.4, 0.5) is 0 Å². The molecular formula is C5H11Y. The van der Waals surface area contributed by atoms with Gasteiger partial charge in [0.15, 0.2) is 0 Å². The third kappa shape index (κ3) is 19.4. The van der Waals surface area contributed by atoms with Crippen molar-refractivity contribution in [1.82, 2.24) is 0 Å². The molecule has 1 heteroatoms. The normalized spacial score (nSPS) is 5.00. The van der Waals surface area contributed by atoms with Crippen LogP contribution in [0.15, 0.2) is 0 Å². The van der Waals surface area contributed by atoms with Crippen molar-refractivity contribution in [3.8, 4) is 0 Å². The van der Waals surface area contributed by atoms with E-state index in [-0.39, 0.29) is 40.1 Å². The summed E-state index contributed by atoms with van der Waals surface area (Å²) in [6, 6.07) is 0. The van der Waals surface area contributed by atoms with Gasteiger partial charge >= 0.3 is 32.7 Å². The zero-order chi connectivity index (χ0) is 3.41. The van der Waals surface area contributed by atoms with Gasteiger partial charge in [-0.3, -0.25) is 0 Å². The van der Waals surface area contributed by atoms with E-state index in [1.807, 2.05) is 0 Å². The summed E-state index contributed by atoms with van der Waals surface area (Å²) in [5, 5.41) is 0. The van der Waals surface area contributed by atoms with Crippen LogP contribution in [-0.4, -0.2) is 0 Å². The van der Waals surface area contributed by atoms with E-state index >= 15 is 0 Å². The van der Waals surface area contributed by atoms with Crippen molar-refractivity contribution in [1.29, 1.82) is 0 Å². The molecule has 0 aliphatic rings. The molecule has 6 heavy (non-hydrogen) atoms. The van der Waals surface area contributed by atoms with E-state index in [2.05, 4.69) is 13.8 Å². The third-order valence-corrected chi connectivity index (χ3v) is 0.250. The first kappa shape index (κ1) is 15.7. The summed E-state index contributed by atoms with van der Waals surface area (Å²) < 4.78 is 0. The quantitative estimate of drug-likeness (QED) is 0.513. The standard InChI is InChI=1S/C4H8.CH3.Y/c1-3-4-2;;/h1-4H2;1H3;/q-2;-1;+3. The molecule has 0 saturated carbocycles. The van der Waals surface area contributed by atoms with Gasteiger partial charge in [0.1, 0.15) is 0 Å². The molecule has 0 rings (SSSR count). The Bertz CT molecular complexity index is 5.90. The van der Waals surface area contributed by atoms with Gasteiger partial charge in [-0.1, -0.05) is 0 Å². The molecule has 0 aliphatic heterocycles. The Kier molecular flexibility index (Phi) is 43.2. The van der Waals surface area contributed by atoms with Crippen LogP contribution in [0.2, 0.25) is 0 Å². The minimum Gasteiger partial charge on any atom is -0.358 e. The zero-order valence-electron chi connectivity index (χ0n) is 4.41. The Hall–Kier alpha value is 1.10. The Balaban J connectivity index is -0.0000000450. The molecule has 0 saturated heterocycles. The van der Waals surface area contributed by atoms with Gasteiger partial charge in [-0.25, -0.2) is 12.8 Å². The number of hydrogen-bond donors (Lipinski definition) is 0. The van der Waals surface area contributed by atoms with Gasteiger partial charge in [-0.2, -0.15) is 0 Å². The van der Waals surface area contributed by atoms with E-state index in [9.17, 15) is 0 Å². The summed E-state index contributed by atoms with van der Waals surface area (Å²) in [5.74, 6) is 0. The van der Waals surface area contributed by atoms with E-state index in [1.165, 1.54) is 0 Å². The zero-order valence-corrected chi connectivity index (χ0v) is 7.24. The van der Waals surface area contributed by atoms with Gasteiger partial charge < -0.3 is 21.3 Å². The van der Waals surface area contributed by atoms with Gasteiger partial charge in [0.05, 0.1) is 0 Å². The molecule has 0 nitrogen and oxygen atoms in total. The van der Waals surface area contributed by atoms with Gasteiger partial charge in [-0.15, -0.1) is 0 Å². The Labute approximate surface area is 66.6 Å². The van der Waals surface area contributed by atoms with Crippen LogP contribution in [0.25, 0.3) is 0 Å².